The maximum atomic E-state index is 11.9. The number of hydrogen-bond acceptors (Lipinski definition) is 1. The van der Waals surface area contributed by atoms with Gasteiger partial charge in [0, 0.05) is 5.41 Å². The molecule has 0 aliphatic heterocycles. The second-order valence-electron chi connectivity index (χ2n) is 5.16. The number of rotatable bonds is 3. The van der Waals surface area contributed by atoms with Gasteiger partial charge in [-0.2, -0.15) is 0 Å². The van der Waals surface area contributed by atoms with Gasteiger partial charge >= 0.3 is 0 Å². The summed E-state index contributed by atoms with van der Waals surface area (Å²) in [5.41, 5.74) is -0.0220. The summed E-state index contributed by atoms with van der Waals surface area (Å²) in [5, 5.41) is 0. The van der Waals surface area contributed by atoms with E-state index in [1.807, 2.05) is 0 Å². The van der Waals surface area contributed by atoms with E-state index in [2.05, 4.69) is 13.5 Å². The largest absolute Gasteiger partial charge is 0.294 e. The zero-order chi connectivity index (χ0) is 10.2. The van der Waals surface area contributed by atoms with Crippen molar-refractivity contribution < 1.29 is 4.79 Å². The highest BCUT2D eigenvalue weighted by atomic mass is 16.1. The third-order valence-corrected chi connectivity index (χ3v) is 4.39. The molecule has 14 heavy (non-hydrogen) atoms. The van der Waals surface area contributed by atoms with Gasteiger partial charge in [0.05, 0.1) is 0 Å². The summed E-state index contributed by atoms with van der Waals surface area (Å²) in [6.07, 6.45) is 8.91. The van der Waals surface area contributed by atoms with Gasteiger partial charge in [-0.1, -0.05) is 26.3 Å². The average Bonchev–Trinajstić information content (AvgIpc) is 2.56. The van der Waals surface area contributed by atoms with Crippen molar-refractivity contribution in [3.63, 3.8) is 0 Å². The molecule has 0 radical (unpaired) electrons. The first-order valence-corrected chi connectivity index (χ1v) is 5.87. The molecule has 2 aliphatic carbocycles. The highest BCUT2D eigenvalue weighted by Gasteiger charge is 2.45. The summed E-state index contributed by atoms with van der Waals surface area (Å²) in [7, 11) is 0. The SMILES string of the molecule is C=CC(=O)C1(CC)CC2CCC(C2)C1. The smallest absolute Gasteiger partial charge is 0.161 e. The second-order valence-corrected chi connectivity index (χ2v) is 5.16. The van der Waals surface area contributed by atoms with Gasteiger partial charge in [-0.15, -0.1) is 0 Å². The lowest BCUT2D eigenvalue weighted by atomic mass is 9.65. The van der Waals surface area contributed by atoms with Gasteiger partial charge in [0.25, 0.3) is 0 Å². The lowest BCUT2D eigenvalue weighted by molar-refractivity contribution is -0.127. The third kappa shape index (κ3) is 1.43. The fourth-order valence-electron chi connectivity index (χ4n) is 3.62. The maximum Gasteiger partial charge on any atom is 0.161 e. The van der Waals surface area contributed by atoms with E-state index >= 15 is 0 Å². The van der Waals surface area contributed by atoms with Gasteiger partial charge in [0.1, 0.15) is 0 Å². The van der Waals surface area contributed by atoms with Crippen LogP contribution in [-0.4, -0.2) is 5.78 Å². The van der Waals surface area contributed by atoms with Crippen LogP contribution < -0.4 is 0 Å². The lowest BCUT2D eigenvalue weighted by Crippen LogP contribution is -2.35. The molecule has 1 nitrogen and oxygen atoms in total. The molecule has 0 aromatic carbocycles. The molecule has 0 aromatic rings. The maximum absolute atomic E-state index is 11.9. The zero-order valence-corrected chi connectivity index (χ0v) is 9.09. The highest BCUT2D eigenvalue weighted by Crippen LogP contribution is 2.52. The number of hydrogen-bond donors (Lipinski definition) is 0. The van der Waals surface area contributed by atoms with Gasteiger partial charge in [-0.25, -0.2) is 0 Å². The average molecular weight is 192 g/mol. The molecule has 78 valence electrons. The predicted octanol–water partition coefficient (Wildman–Crippen LogP) is 3.35. The summed E-state index contributed by atoms with van der Waals surface area (Å²) in [5.74, 6) is 1.96. The van der Waals surface area contributed by atoms with Gasteiger partial charge < -0.3 is 0 Å². The Balaban J connectivity index is 2.20. The molecule has 2 rings (SSSR count). The first kappa shape index (κ1) is 9.95. The fourth-order valence-corrected chi connectivity index (χ4v) is 3.62. The minimum atomic E-state index is -0.0220. The topological polar surface area (TPSA) is 17.1 Å². The number of allylic oxidation sites excluding steroid dienone is 1. The number of fused-ring (bicyclic) bond motifs is 2. The van der Waals surface area contributed by atoms with Gasteiger partial charge in [-0.05, 0) is 43.6 Å². The summed E-state index contributed by atoms with van der Waals surface area (Å²) in [4.78, 5) is 11.9. The molecule has 0 aromatic heterocycles. The van der Waals surface area contributed by atoms with Crippen LogP contribution in [-0.2, 0) is 4.79 Å². The van der Waals surface area contributed by atoms with Crippen molar-refractivity contribution in [1.82, 2.24) is 0 Å². The Bertz CT molecular complexity index is 242. The van der Waals surface area contributed by atoms with Crippen molar-refractivity contribution in [3.8, 4) is 0 Å². The first-order chi connectivity index (χ1) is 6.70. The molecule has 2 saturated carbocycles. The molecule has 0 heterocycles. The van der Waals surface area contributed by atoms with Crippen LogP contribution in [0.2, 0.25) is 0 Å². The summed E-state index contributed by atoms with van der Waals surface area (Å²) < 4.78 is 0. The Hall–Kier alpha value is -0.590. The third-order valence-electron chi connectivity index (χ3n) is 4.39. The zero-order valence-electron chi connectivity index (χ0n) is 9.09. The molecule has 0 spiro atoms. The highest BCUT2D eigenvalue weighted by molar-refractivity contribution is 5.94. The van der Waals surface area contributed by atoms with E-state index in [1.165, 1.54) is 19.3 Å². The predicted molar refractivity (Wildman–Crippen MR) is 58.0 cm³/mol. The molecule has 2 atom stereocenters. The standard InChI is InChI=1S/C13H20O/c1-3-12(14)13(4-2)8-10-5-6-11(7-10)9-13/h3,10-11H,1,4-9H2,2H3. The molecular weight excluding hydrogens is 172 g/mol. The Labute approximate surface area is 86.6 Å². The Kier molecular flexibility index (Phi) is 2.50. The van der Waals surface area contributed by atoms with Gasteiger partial charge in [-0.3, -0.25) is 4.79 Å². The van der Waals surface area contributed by atoms with Crippen LogP contribution in [0.5, 0.6) is 0 Å². The van der Waals surface area contributed by atoms with E-state index in [0.29, 0.717) is 5.78 Å². The number of carbonyl (C=O) groups excluding carboxylic acids is 1. The van der Waals surface area contributed by atoms with Crippen LogP contribution in [0.15, 0.2) is 12.7 Å². The van der Waals surface area contributed by atoms with Crippen LogP contribution in [0.1, 0.15) is 45.4 Å². The van der Waals surface area contributed by atoms with Crippen LogP contribution >= 0.6 is 0 Å². The van der Waals surface area contributed by atoms with E-state index in [9.17, 15) is 4.79 Å². The molecule has 2 unspecified atom stereocenters. The Morgan fingerprint density at radius 3 is 2.43 bits per heavy atom. The molecule has 0 amide bonds. The second kappa shape index (κ2) is 3.52. The summed E-state index contributed by atoms with van der Waals surface area (Å²) in [6, 6.07) is 0. The minimum absolute atomic E-state index is 0.0220. The van der Waals surface area contributed by atoms with Crippen LogP contribution in [0.25, 0.3) is 0 Å². The van der Waals surface area contributed by atoms with Crippen molar-refractivity contribution >= 4 is 5.78 Å². The summed E-state index contributed by atoms with van der Waals surface area (Å²) in [6.45, 7) is 5.81. The van der Waals surface area contributed by atoms with Crippen LogP contribution in [0, 0.1) is 17.3 Å². The van der Waals surface area contributed by atoms with Crippen molar-refractivity contribution in [3.05, 3.63) is 12.7 Å². The minimum Gasteiger partial charge on any atom is -0.294 e. The molecule has 0 saturated heterocycles. The van der Waals surface area contributed by atoms with E-state index < -0.39 is 0 Å². The number of ketones is 1. The fraction of sp³-hybridized carbons (Fsp3) is 0.769. The van der Waals surface area contributed by atoms with Crippen molar-refractivity contribution in [2.75, 3.05) is 0 Å². The molecule has 1 heteroatoms. The van der Waals surface area contributed by atoms with Crippen molar-refractivity contribution in [2.45, 2.75) is 45.4 Å². The molecule has 2 fully saturated rings. The van der Waals surface area contributed by atoms with E-state index in [-0.39, 0.29) is 5.41 Å². The molecular formula is C13H20O. The van der Waals surface area contributed by atoms with Gasteiger partial charge in [0.15, 0.2) is 5.78 Å². The normalized spacial score (nSPS) is 40.9. The monoisotopic (exact) mass is 192 g/mol. The number of carbonyl (C=O) groups is 1. The lowest BCUT2D eigenvalue weighted by Gasteiger charge is -2.38. The van der Waals surface area contributed by atoms with Crippen molar-refractivity contribution in [2.24, 2.45) is 17.3 Å². The van der Waals surface area contributed by atoms with Crippen LogP contribution in [0.3, 0.4) is 0 Å². The molecule has 2 bridgehead atoms. The van der Waals surface area contributed by atoms with E-state index in [1.54, 1.807) is 6.08 Å². The Morgan fingerprint density at radius 2 is 2.00 bits per heavy atom. The van der Waals surface area contributed by atoms with Crippen LogP contribution in [0.4, 0.5) is 0 Å². The van der Waals surface area contributed by atoms with Crippen molar-refractivity contribution in [1.29, 1.82) is 0 Å². The quantitative estimate of drug-likeness (QED) is 0.627. The molecule has 2 aliphatic rings. The van der Waals surface area contributed by atoms with Gasteiger partial charge in [0.2, 0.25) is 0 Å². The first-order valence-electron chi connectivity index (χ1n) is 5.87. The molecule has 0 N–H and O–H groups in total. The summed E-state index contributed by atoms with van der Waals surface area (Å²) >= 11 is 0. The Morgan fingerprint density at radius 1 is 1.43 bits per heavy atom. The van der Waals surface area contributed by atoms with E-state index in [4.69, 9.17) is 0 Å². The van der Waals surface area contributed by atoms with E-state index in [0.717, 1.165) is 31.1 Å².